The summed E-state index contributed by atoms with van der Waals surface area (Å²) >= 11 is 11.8. The van der Waals surface area contributed by atoms with Crippen molar-refractivity contribution in [1.82, 2.24) is 14.8 Å². The summed E-state index contributed by atoms with van der Waals surface area (Å²) in [7, 11) is 0. The summed E-state index contributed by atoms with van der Waals surface area (Å²) in [6, 6.07) is 5.05. The Kier molecular flexibility index (Phi) is 4.76. The number of hydrogen-bond donors (Lipinski definition) is 0. The smallest absolute Gasteiger partial charge is 0.332 e. The van der Waals surface area contributed by atoms with E-state index >= 15 is 0 Å². The second-order valence-electron chi connectivity index (χ2n) is 3.77. The fourth-order valence-corrected chi connectivity index (χ4v) is 2.02. The predicted octanol–water partition coefficient (Wildman–Crippen LogP) is 3.29. The molecule has 1 aromatic carbocycles. The van der Waals surface area contributed by atoms with Crippen LogP contribution in [0.25, 0.3) is 17.6 Å². The molecule has 0 aliphatic heterocycles. The average molecular weight is 312 g/mol. The lowest BCUT2D eigenvalue weighted by atomic mass is 10.2. The Morgan fingerprint density at radius 2 is 2.05 bits per heavy atom. The molecule has 20 heavy (non-hydrogen) atoms. The predicted molar refractivity (Wildman–Crippen MR) is 77.4 cm³/mol. The molecule has 0 amide bonds. The Balaban J connectivity index is 2.18. The summed E-state index contributed by atoms with van der Waals surface area (Å²) in [6.07, 6.45) is 4.20. The number of carbonyl (C=O) groups excluding carboxylic acids is 1. The van der Waals surface area contributed by atoms with Crippen molar-refractivity contribution in [3.63, 3.8) is 0 Å². The molecule has 0 atom stereocenters. The molecular formula is C13H11Cl2N3O2. The quantitative estimate of drug-likeness (QED) is 0.642. The monoisotopic (exact) mass is 311 g/mol. The Labute approximate surface area is 125 Å². The van der Waals surface area contributed by atoms with E-state index in [1.807, 2.05) is 0 Å². The highest BCUT2D eigenvalue weighted by molar-refractivity contribution is 6.35. The number of benzene rings is 1. The maximum atomic E-state index is 11.2. The summed E-state index contributed by atoms with van der Waals surface area (Å²) in [4.78, 5) is 15.3. The first-order valence-corrected chi connectivity index (χ1v) is 6.56. The van der Waals surface area contributed by atoms with Crippen molar-refractivity contribution in [2.75, 3.05) is 6.61 Å². The second kappa shape index (κ2) is 6.54. The van der Waals surface area contributed by atoms with Crippen molar-refractivity contribution < 1.29 is 9.53 Å². The lowest BCUT2D eigenvalue weighted by molar-refractivity contribution is -0.137. The van der Waals surface area contributed by atoms with E-state index in [9.17, 15) is 4.79 Å². The van der Waals surface area contributed by atoms with Crippen LogP contribution in [0.2, 0.25) is 10.0 Å². The molecule has 0 fully saturated rings. The number of rotatable bonds is 4. The zero-order chi connectivity index (χ0) is 14.5. The molecule has 2 rings (SSSR count). The number of hydrogen-bond acceptors (Lipinski definition) is 4. The van der Waals surface area contributed by atoms with Crippen molar-refractivity contribution in [3.8, 4) is 11.4 Å². The van der Waals surface area contributed by atoms with E-state index in [4.69, 9.17) is 27.9 Å². The van der Waals surface area contributed by atoms with Crippen LogP contribution in [0, 0.1) is 0 Å². The van der Waals surface area contributed by atoms with Gasteiger partial charge in [-0.15, -0.1) is 5.10 Å². The largest absolute Gasteiger partial charge is 0.463 e. The number of aromatic nitrogens is 3. The van der Waals surface area contributed by atoms with Gasteiger partial charge in [0.1, 0.15) is 6.33 Å². The highest BCUT2D eigenvalue weighted by Gasteiger charge is 2.06. The molecule has 0 N–H and O–H groups in total. The average Bonchev–Trinajstić information content (AvgIpc) is 2.84. The molecule has 0 bridgehead atoms. The molecule has 5 nitrogen and oxygen atoms in total. The van der Waals surface area contributed by atoms with Gasteiger partial charge in [0.05, 0.1) is 6.61 Å². The summed E-state index contributed by atoms with van der Waals surface area (Å²) in [6.45, 7) is 2.06. The van der Waals surface area contributed by atoms with Crippen LogP contribution in [0.4, 0.5) is 0 Å². The van der Waals surface area contributed by atoms with Crippen LogP contribution >= 0.6 is 23.2 Å². The summed E-state index contributed by atoms with van der Waals surface area (Å²) in [5.74, 6) is 0.0262. The van der Waals surface area contributed by atoms with Crippen LogP contribution in [-0.4, -0.2) is 27.3 Å². The SMILES string of the molecule is CCOC(=O)/C=C/n1cnc(-c2cc(Cl)cc(Cl)c2)n1. The molecule has 104 valence electrons. The third kappa shape index (κ3) is 3.82. The van der Waals surface area contributed by atoms with Gasteiger partial charge in [-0.1, -0.05) is 23.2 Å². The van der Waals surface area contributed by atoms with Crippen molar-refractivity contribution in [1.29, 1.82) is 0 Å². The van der Waals surface area contributed by atoms with E-state index in [-0.39, 0.29) is 0 Å². The minimum atomic E-state index is -0.435. The number of carbonyl (C=O) groups is 1. The normalized spacial score (nSPS) is 10.9. The van der Waals surface area contributed by atoms with Gasteiger partial charge in [-0.2, -0.15) is 0 Å². The second-order valence-corrected chi connectivity index (χ2v) is 4.65. The summed E-state index contributed by atoms with van der Waals surface area (Å²) in [5, 5.41) is 5.20. The van der Waals surface area contributed by atoms with Gasteiger partial charge < -0.3 is 4.74 Å². The number of esters is 1. The van der Waals surface area contributed by atoms with E-state index in [0.717, 1.165) is 0 Å². The first-order chi connectivity index (χ1) is 9.58. The Hall–Kier alpha value is -1.85. The fraction of sp³-hybridized carbons (Fsp3) is 0.154. The molecule has 2 aromatic rings. The summed E-state index contributed by atoms with van der Waals surface area (Å²) < 4.78 is 6.17. The number of halogens is 2. The van der Waals surface area contributed by atoms with Crippen LogP contribution in [0.1, 0.15) is 6.92 Å². The van der Waals surface area contributed by atoms with Crippen LogP contribution < -0.4 is 0 Å². The van der Waals surface area contributed by atoms with E-state index in [1.54, 1.807) is 25.1 Å². The van der Waals surface area contributed by atoms with Crippen LogP contribution in [0.5, 0.6) is 0 Å². The molecule has 1 aromatic heterocycles. The van der Waals surface area contributed by atoms with Crippen LogP contribution in [0.15, 0.2) is 30.6 Å². The van der Waals surface area contributed by atoms with Gasteiger partial charge in [-0.25, -0.2) is 14.5 Å². The summed E-state index contributed by atoms with van der Waals surface area (Å²) in [5.41, 5.74) is 0.700. The van der Waals surface area contributed by atoms with Crippen LogP contribution in [-0.2, 0) is 9.53 Å². The minimum Gasteiger partial charge on any atom is -0.463 e. The number of ether oxygens (including phenoxy) is 1. The van der Waals surface area contributed by atoms with E-state index in [1.165, 1.54) is 23.3 Å². The van der Waals surface area contributed by atoms with Gasteiger partial charge in [-0.05, 0) is 25.1 Å². The molecule has 1 heterocycles. The maximum Gasteiger partial charge on any atom is 0.332 e. The Bertz CT molecular complexity index is 633. The third-order valence-electron chi connectivity index (χ3n) is 2.28. The third-order valence-corrected chi connectivity index (χ3v) is 2.72. The lowest BCUT2D eigenvalue weighted by Gasteiger charge is -1.98. The first kappa shape index (κ1) is 14.6. The highest BCUT2D eigenvalue weighted by Crippen LogP contribution is 2.24. The molecule has 7 heteroatoms. The van der Waals surface area contributed by atoms with Gasteiger partial charge >= 0.3 is 5.97 Å². The Morgan fingerprint density at radius 1 is 1.35 bits per heavy atom. The molecule has 0 unspecified atom stereocenters. The minimum absolute atomic E-state index is 0.326. The topological polar surface area (TPSA) is 57.0 Å². The van der Waals surface area contributed by atoms with Gasteiger partial charge in [0.15, 0.2) is 5.82 Å². The molecule has 0 radical (unpaired) electrons. The molecule has 0 aliphatic rings. The highest BCUT2D eigenvalue weighted by atomic mass is 35.5. The van der Waals surface area contributed by atoms with Crippen molar-refractivity contribution in [3.05, 3.63) is 40.6 Å². The fourth-order valence-electron chi connectivity index (χ4n) is 1.49. The molecular weight excluding hydrogens is 301 g/mol. The zero-order valence-electron chi connectivity index (χ0n) is 10.6. The molecule has 0 aliphatic carbocycles. The van der Waals surface area contributed by atoms with Gasteiger partial charge in [-0.3, -0.25) is 0 Å². The van der Waals surface area contributed by atoms with Crippen LogP contribution in [0.3, 0.4) is 0 Å². The van der Waals surface area contributed by atoms with Crippen molar-refractivity contribution in [2.24, 2.45) is 0 Å². The Morgan fingerprint density at radius 3 is 2.70 bits per heavy atom. The van der Waals surface area contributed by atoms with Gasteiger partial charge in [0, 0.05) is 27.9 Å². The molecule has 0 saturated carbocycles. The van der Waals surface area contributed by atoms with Crippen molar-refractivity contribution >= 4 is 35.4 Å². The number of nitrogens with zero attached hydrogens (tertiary/aromatic N) is 3. The van der Waals surface area contributed by atoms with E-state index in [2.05, 4.69) is 10.1 Å². The van der Waals surface area contributed by atoms with Crippen molar-refractivity contribution in [2.45, 2.75) is 6.92 Å². The molecule has 0 spiro atoms. The standard InChI is InChI=1S/C13H11Cl2N3O2/c1-2-20-12(19)3-4-18-8-16-13(17-18)9-5-10(14)7-11(15)6-9/h3-8H,2H2,1H3/b4-3+. The zero-order valence-corrected chi connectivity index (χ0v) is 12.1. The maximum absolute atomic E-state index is 11.2. The van der Waals surface area contributed by atoms with E-state index < -0.39 is 5.97 Å². The van der Waals surface area contributed by atoms with E-state index in [0.29, 0.717) is 28.0 Å². The first-order valence-electron chi connectivity index (χ1n) is 5.81. The molecule has 0 saturated heterocycles. The lowest BCUT2D eigenvalue weighted by Crippen LogP contribution is -2.00. The van der Waals surface area contributed by atoms with Gasteiger partial charge in [0.2, 0.25) is 0 Å². The van der Waals surface area contributed by atoms with Gasteiger partial charge in [0.25, 0.3) is 0 Å².